The molecule has 3 N–H and O–H groups in total. The van der Waals surface area contributed by atoms with E-state index in [0.717, 1.165) is 0 Å². The Hall–Kier alpha value is -2.70. The maximum Gasteiger partial charge on any atom is 0.224 e. The first-order chi connectivity index (χ1) is 9.70. The first-order valence-corrected chi connectivity index (χ1v) is 6.19. The Kier molecular flexibility index (Phi) is 2.94. The van der Waals surface area contributed by atoms with Gasteiger partial charge in [0, 0.05) is 6.54 Å². The van der Waals surface area contributed by atoms with Crippen LogP contribution in [0.3, 0.4) is 0 Å². The molecule has 102 valence electrons. The van der Waals surface area contributed by atoms with Crippen LogP contribution in [0.4, 0.5) is 21.8 Å². The number of rotatable bonds is 3. The van der Waals surface area contributed by atoms with Crippen molar-refractivity contribution in [3.05, 3.63) is 36.4 Å². The normalized spacial score (nSPS) is 10.9. The lowest BCUT2D eigenvalue weighted by Gasteiger charge is -2.22. The van der Waals surface area contributed by atoms with Crippen molar-refractivity contribution in [1.82, 2.24) is 19.9 Å². The van der Waals surface area contributed by atoms with E-state index in [1.165, 1.54) is 12.4 Å². The Morgan fingerprint density at radius 1 is 1.30 bits per heavy atom. The molecule has 0 amide bonds. The number of imidazole rings is 1. The van der Waals surface area contributed by atoms with E-state index in [1.54, 1.807) is 23.1 Å². The minimum absolute atomic E-state index is 0.106. The van der Waals surface area contributed by atoms with Gasteiger partial charge in [-0.05, 0) is 19.1 Å². The Labute approximate surface area is 114 Å². The zero-order valence-corrected chi connectivity index (χ0v) is 10.8. The first-order valence-electron chi connectivity index (χ1n) is 6.19. The van der Waals surface area contributed by atoms with E-state index in [0.29, 0.717) is 29.2 Å². The van der Waals surface area contributed by atoms with Crippen molar-refractivity contribution in [2.24, 2.45) is 0 Å². The maximum absolute atomic E-state index is 14.0. The second-order valence-electron chi connectivity index (χ2n) is 4.20. The van der Waals surface area contributed by atoms with Crippen LogP contribution in [0.25, 0.3) is 11.2 Å². The standard InChI is InChI=1S/C13H13FN6/c1-2-20(9-6-4-3-5-8(9)14)12-10-11(17-7-16-10)18-13(15)19-12/h3-7H,2H2,1H3,(H3,15,16,17,18,19). The lowest BCUT2D eigenvalue weighted by Crippen LogP contribution is -2.20. The molecule has 0 fully saturated rings. The third kappa shape index (κ3) is 1.93. The minimum Gasteiger partial charge on any atom is -0.368 e. The first kappa shape index (κ1) is 12.3. The van der Waals surface area contributed by atoms with Gasteiger partial charge in [-0.2, -0.15) is 9.97 Å². The highest BCUT2D eigenvalue weighted by Crippen LogP contribution is 2.30. The summed E-state index contributed by atoms with van der Waals surface area (Å²) in [6, 6.07) is 6.52. The fourth-order valence-corrected chi connectivity index (χ4v) is 2.13. The molecule has 0 aliphatic heterocycles. The van der Waals surface area contributed by atoms with E-state index < -0.39 is 0 Å². The van der Waals surface area contributed by atoms with Crippen molar-refractivity contribution in [3.63, 3.8) is 0 Å². The molecular weight excluding hydrogens is 259 g/mol. The summed E-state index contributed by atoms with van der Waals surface area (Å²) in [6.07, 6.45) is 1.51. The summed E-state index contributed by atoms with van der Waals surface area (Å²) in [6.45, 7) is 2.44. The summed E-state index contributed by atoms with van der Waals surface area (Å²) in [7, 11) is 0. The fourth-order valence-electron chi connectivity index (χ4n) is 2.13. The molecule has 0 aliphatic carbocycles. The van der Waals surface area contributed by atoms with E-state index >= 15 is 0 Å². The van der Waals surface area contributed by atoms with Crippen molar-refractivity contribution in [2.45, 2.75) is 6.92 Å². The number of nitrogens with zero attached hydrogens (tertiary/aromatic N) is 4. The smallest absolute Gasteiger partial charge is 0.224 e. The maximum atomic E-state index is 14.0. The monoisotopic (exact) mass is 272 g/mol. The van der Waals surface area contributed by atoms with Crippen molar-refractivity contribution in [1.29, 1.82) is 0 Å². The van der Waals surface area contributed by atoms with Gasteiger partial charge in [-0.3, -0.25) is 0 Å². The van der Waals surface area contributed by atoms with Gasteiger partial charge in [-0.15, -0.1) is 0 Å². The predicted octanol–water partition coefficient (Wildman–Crippen LogP) is 2.23. The average Bonchev–Trinajstić information content (AvgIpc) is 2.89. The highest BCUT2D eigenvalue weighted by atomic mass is 19.1. The second-order valence-corrected chi connectivity index (χ2v) is 4.20. The SMILES string of the molecule is CCN(c1ccccc1F)c1nc(N)nc2nc[nH]c12. The lowest BCUT2D eigenvalue weighted by molar-refractivity contribution is 0.625. The van der Waals surface area contributed by atoms with Crippen molar-refractivity contribution in [3.8, 4) is 0 Å². The van der Waals surface area contributed by atoms with Crippen LogP contribution in [0, 0.1) is 5.82 Å². The summed E-state index contributed by atoms with van der Waals surface area (Å²) in [4.78, 5) is 17.0. The molecule has 7 heteroatoms. The number of benzene rings is 1. The zero-order valence-electron chi connectivity index (χ0n) is 10.8. The number of hydrogen-bond donors (Lipinski definition) is 2. The van der Waals surface area contributed by atoms with E-state index in [-0.39, 0.29) is 11.8 Å². The number of anilines is 3. The van der Waals surface area contributed by atoms with E-state index in [9.17, 15) is 4.39 Å². The number of nitrogens with one attached hydrogen (secondary N) is 1. The van der Waals surface area contributed by atoms with Gasteiger partial charge in [-0.25, -0.2) is 9.37 Å². The van der Waals surface area contributed by atoms with E-state index in [1.807, 2.05) is 6.92 Å². The van der Waals surface area contributed by atoms with Crippen molar-refractivity contribution >= 4 is 28.6 Å². The van der Waals surface area contributed by atoms with Crippen LogP contribution in [-0.2, 0) is 0 Å². The largest absolute Gasteiger partial charge is 0.368 e. The molecule has 2 aromatic heterocycles. The third-order valence-corrected chi connectivity index (χ3v) is 3.00. The van der Waals surface area contributed by atoms with Crippen LogP contribution < -0.4 is 10.6 Å². The van der Waals surface area contributed by atoms with Gasteiger partial charge in [0.15, 0.2) is 11.5 Å². The highest BCUT2D eigenvalue weighted by molar-refractivity contribution is 5.87. The molecule has 2 heterocycles. The number of aromatic amines is 1. The zero-order chi connectivity index (χ0) is 14.1. The topological polar surface area (TPSA) is 83.7 Å². The van der Waals surface area contributed by atoms with Crippen LogP contribution in [0.15, 0.2) is 30.6 Å². The van der Waals surface area contributed by atoms with Crippen LogP contribution in [0.1, 0.15) is 6.92 Å². The molecule has 3 aromatic rings. The van der Waals surface area contributed by atoms with Crippen LogP contribution >= 0.6 is 0 Å². The second kappa shape index (κ2) is 4.76. The Morgan fingerprint density at radius 2 is 2.10 bits per heavy atom. The van der Waals surface area contributed by atoms with Crippen LogP contribution in [-0.4, -0.2) is 26.5 Å². The van der Waals surface area contributed by atoms with Crippen molar-refractivity contribution in [2.75, 3.05) is 17.2 Å². The molecule has 6 nitrogen and oxygen atoms in total. The molecule has 0 saturated carbocycles. The molecule has 0 atom stereocenters. The molecule has 0 aliphatic rings. The summed E-state index contributed by atoms with van der Waals surface area (Å²) < 4.78 is 14.0. The molecule has 20 heavy (non-hydrogen) atoms. The van der Waals surface area contributed by atoms with Gasteiger partial charge in [0.05, 0.1) is 12.0 Å². The van der Waals surface area contributed by atoms with E-state index in [2.05, 4.69) is 19.9 Å². The number of nitrogens with two attached hydrogens (primary N) is 1. The van der Waals surface area contributed by atoms with E-state index in [4.69, 9.17) is 5.73 Å². The molecular formula is C13H13FN6. The quantitative estimate of drug-likeness (QED) is 0.763. The van der Waals surface area contributed by atoms with Gasteiger partial charge in [0.2, 0.25) is 5.95 Å². The highest BCUT2D eigenvalue weighted by Gasteiger charge is 2.18. The molecule has 0 saturated heterocycles. The summed E-state index contributed by atoms with van der Waals surface area (Å²) in [5.74, 6) is 0.297. The Bertz CT molecular complexity index is 753. The molecule has 0 unspecified atom stereocenters. The molecule has 0 bridgehead atoms. The van der Waals surface area contributed by atoms with Crippen LogP contribution in [0.2, 0.25) is 0 Å². The van der Waals surface area contributed by atoms with Gasteiger partial charge >= 0.3 is 0 Å². The summed E-state index contributed by atoms with van der Waals surface area (Å²) >= 11 is 0. The number of H-pyrrole nitrogens is 1. The Balaban J connectivity index is 2.22. The van der Waals surface area contributed by atoms with Crippen LogP contribution in [0.5, 0.6) is 0 Å². The third-order valence-electron chi connectivity index (χ3n) is 3.00. The number of hydrogen-bond acceptors (Lipinski definition) is 5. The Morgan fingerprint density at radius 3 is 2.85 bits per heavy atom. The summed E-state index contributed by atoms with van der Waals surface area (Å²) in [5, 5.41) is 0. The molecule has 0 spiro atoms. The number of halogens is 1. The minimum atomic E-state index is -0.320. The molecule has 0 radical (unpaired) electrons. The number of para-hydroxylation sites is 1. The number of aromatic nitrogens is 4. The van der Waals surface area contributed by atoms with Gasteiger partial charge in [-0.1, -0.05) is 12.1 Å². The van der Waals surface area contributed by atoms with Crippen molar-refractivity contribution < 1.29 is 4.39 Å². The lowest BCUT2D eigenvalue weighted by atomic mass is 10.2. The van der Waals surface area contributed by atoms with Gasteiger partial charge in [0.1, 0.15) is 11.3 Å². The average molecular weight is 272 g/mol. The molecule has 1 aromatic carbocycles. The fraction of sp³-hybridized carbons (Fsp3) is 0.154. The molecule has 3 rings (SSSR count). The van der Waals surface area contributed by atoms with Gasteiger partial charge in [0.25, 0.3) is 0 Å². The summed E-state index contributed by atoms with van der Waals surface area (Å²) in [5.41, 5.74) is 7.22. The van der Waals surface area contributed by atoms with Gasteiger partial charge < -0.3 is 15.6 Å². The number of fused-ring (bicyclic) bond motifs is 1. The number of nitrogen functional groups attached to an aromatic ring is 1. The predicted molar refractivity (Wildman–Crippen MR) is 75.2 cm³/mol.